The van der Waals surface area contributed by atoms with Gasteiger partial charge in [0.15, 0.2) is 0 Å². The Kier molecular flexibility index (Phi) is 8.06. The first kappa shape index (κ1) is 28.8. The molecule has 4 aliphatic heterocycles. The van der Waals surface area contributed by atoms with Gasteiger partial charge in [0.05, 0.1) is 22.8 Å². The van der Waals surface area contributed by atoms with Crippen molar-refractivity contribution >= 4 is 45.5 Å². The Morgan fingerprint density at radius 3 is 1.36 bits per heavy atom. The Balaban J connectivity index is 0.00000325. The molecule has 0 saturated carbocycles. The van der Waals surface area contributed by atoms with E-state index in [4.69, 9.17) is 20.6 Å². The number of benzene rings is 4. The summed E-state index contributed by atoms with van der Waals surface area (Å²) in [5.74, 6) is 1.74. The predicted molar refractivity (Wildman–Crippen MR) is 182 cm³/mol. The standard InChI is InChI=1S/C38H30N6.Pt/c1-3-15-29(16-4-1)43-35-23-9-7-19-33(35)41-37(43)25-27-13-11-21-31(39-27)32-22-12-14-28(40-32)26-38-42-34-20-8-10-24-36(34)44(38)30-17-5-2-6-18-30;/h1-10,13-20,23-26H,11-12,21-22H2;/q-2;+2/b37-25+,38-26+;. The Morgan fingerprint density at radius 2 is 0.911 bits per heavy atom. The molecule has 6 nitrogen and oxygen atoms in total. The summed E-state index contributed by atoms with van der Waals surface area (Å²) < 4.78 is 0. The van der Waals surface area contributed by atoms with Crippen molar-refractivity contribution in [2.75, 3.05) is 9.80 Å². The van der Waals surface area contributed by atoms with E-state index >= 15 is 0 Å². The van der Waals surface area contributed by atoms with E-state index in [9.17, 15) is 0 Å². The fraction of sp³-hybridized carbons (Fsp3) is 0.105. The van der Waals surface area contributed by atoms with Crippen LogP contribution in [-0.2, 0) is 21.1 Å². The van der Waals surface area contributed by atoms with Crippen LogP contribution >= 0.6 is 0 Å². The first-order valence-corrected chi connectivity index (χ1v) is 15.1. The quantitative estimate of drug-likeness (QED) is 0.203. The third-order valence-electron chi connectivity index (χ3n) is 8.09. The van der Waals surface area contributed by atoms with Crippen molar-refractivity contribution in [1.82, 2.24) is 0 Å². The zero-order chi connectivity index (χ0) is 29.3. The topological polar surface area (TPSA) is 59.4 Å². The average molecular weight is 766 g/mol. The first-order chi connectivity index (χ1) is 21.8. The fourth-order valence-corrected chi connectivity index (χ4v) is 6.07. The summed E-state index contributed by atoms with van der Waals surface area (Å²) in [6.45, 7) is 0. The van der Waals surface area contributed by atoms with Gasteiger partial charge in [-0.1, -0.05) is 133 Å². The second-order valence-electron chi connectivity index (χ2n) is 11.0. The van der Waals surface area contributed by atoms with Crippen molar-refractivity contribution < 1.29 is 21.1 Å². The van der Waals surface area contributed by atoms with Crippen LogP contribution in [0.3, 0.4) is 0 Å². The van der Waals surface area contributed by atoms with E-state index in [-0.39, 0.29) is 21.1 Å². The Morgan fingerprint density at radius 1 is 0.511 bits per heavy atom. The number of allylic oxidation sites excluding steroid dienone is 4. The Bertz CT molecular complexity index is 1780. The summed E-state index contributed by atoms with van der Waals surface area (Å²) in [6.07, 6.45) is 12.2. The number of hydrogen-bond acceptors (Lipinski definition) is 4. The van der Waals surface area contributed by atoms with Crippen LogP contribution < -0.4 is 9.80 Å². The molecule has 0 N–H and O–H groups in total. The maximum absolute atomic E-state index is 5.12. The molecule has 0 bridgehead atoms. The van der Waals surface area contributed by atoms with Crippen molar-refractivity contribution in [2.45, 2.75) is 25.7 Å². The van der Waals surface area contributed by atoms with Gasteiger partial charge in [-0.05, 0) is 72.0 Å². The van der Waals surface area contributed by atoms with Crippen LogP contribution in [0.2, 0.25) is 0 Å². The van der Waals surface area contributed by atoms with Gasteiger partial charge in [0, 0.05) is 0 Å². The molecule has 4 aliphatic rings. The van der Waals surface area contributed by atoms with Crippen molar-refractivity contribution in [3.05, 3.63) is 167 Å². The zero-order valence-corrected chi connectivity index (χ0v) is 26.8. The minimum Gasteiger partial charge on any atom is -0.436 e. The molecule has 4 aromatic carbocycles. The third kappa shape index (κ3) is 5.70. The van der Waals surface area contributed by atoms with Gasteiger partial charge in [-0.25, -0.2) is 0 Å². The molecule has 0 aliphatic carbocycles. The van der Waals surface area contributed by atoms with Crippen LogP contribution in [0.5, 0.6) is 0 Å². The molecular weight excluding hydrogens is 736 g/mol. The summed E-state index contributed by atoms with van der Waals surface area (Å²) in [4.78, 5) is 14.6. The molecule has 0 fully saturated rings. The van der Waals surface area contributed by atoms with Gasteiger partial charge in [-0.2, -0.15) is 0 Å². The molecule has 8 rings (SSSR count). The third-order valence-corrected chi connectivity index (χ3v) is 8.09. The monoisotopic (exact) mass is 765 g/mol. The van der Waals surface area contributed by atoms with Crippen LogP contribution in [0.1, 0.15) is 25.7 Å². The van der Waals surface area contributed by atoms with Crippen LogP contribution in [0.15, 0.2) is 167 Å². The van der Waals surface area contributed by atoms with Gasteiger partial charge >= 0.3 is 21.1 Å². The first-order valence-electron chi connectivity index (χ1n) is 15.1. The SMILES string of the molecule is C1=C(/C=C2\[N-]c3ccccc3N2c2ccccc2)N=C(C2=NC(/C=C3\[N-]c4ccccc4N3c3ccccc3)=CCC2)CC1.[Pt+2]. The van der Waals surface area contributed by atoms with Crippen molar-refractivity contribution in [2.24, 2.45) is 9.98 Å². The van der Waals surface area contributed by atoms with E-state index in [1.54, 1.807) is 0 Å². The molecule has 7 heteroatoms. The van der Waals surface area contributed by atoms with Gasteiger partial charge in [-0.15, -0.1) is 0 Å². The molecule has 45 heavy (non-hydrogen) atoms. The van der Waals surface area contributed by atoms with Gasteiger partial charge in [0.1, 0.15) is 0 Å². The van der Waals surface area contributed by atoms with E-state index in [0.29, 0.717) is 0 Å². The van der Waals surface area contributed by atoms with E-state index in [2.05, 4.69) is 119 Å². The molecule has 0 spiro atoms. The summed E-state index contributed by atoms with van der Waals surface area (Å²) in [5.41, 5.74) is 10.2. The molecule has 0 unspecified atom stereocenters. The fourth-order valence-electron chi connectivity index (χ4n) is 6.07. The molecule has 0 atom stereocenters. The van der Waals surface area contributed by atoms with Gasteiger partial charge in [-0.3, -0.25) is 9.98 Å². The number of para-hydroxylation sites is 6. The van der Waals surface area contributed by atoms with Crippen molar-refractivity contribution in [3.8, 4) is 0 Å². The van der Waals surface area contributed by atoms with Crippen LogP contribution in [0.25, 0.3) is 10.6 Å². The number of nitrogens with zero attached hydrogens (tertiary/aromatic N) is 6. The van der Waals surface area contributed by atoms with Gasteiger partial charge in [0.25, 0.3) is 0 Å². The normalized spacial score (nSPS) is 18.6. The van der Waals surface area contributed by atoms with E-state index in [1.165, 1.54) is 0 Å². The van der Waals surface area contributed by atoms with Crippen LogP contribution in [0, 0.1) is 0 Å². The van der Waals surface area contributed by atoms with E-state index in [0.717, 1.165) is 94.3 Å². The number of hydrogen-bond donors (Lipinski definition) is 0. The Hall–Kier alpha value is -4.93. The zero-order valence-electron chi connectivity index (χ0n) is 24.5. The second kappa shape index (κ2) is 12.6. The smallest absolute Gasteiger partial charge is 0.436 e. The average Bonchev–Trinajstić information content (AvgIpc) is 3.63. The van der Waals surface area contributed by atoms with E-state index < -0.39 is 0 Å². The Labute approximate surface area is 278 Å². The van der Waals surface area contributed by atoms with Crippen LogP contribution in [0.4, 0.5) is 34.1 Å². The van der Waals surface area contributed by atoms with Crippen molar-refractivity contribution in [3.63, 3.8) is 0 Å². The molecule has 0 amide bonds. The van der Waals surface area contributed by atoms with Gasteiger partial charge in [0.2, 0.25) is 0 Å². The second-order valence-corrected chi connectivity index (χ2v) is 11.0. The largest absolute Gasteiger partial charge is 2.00 e. The molecule has 4 heterocycles. The predicted octanol–water partition coefficient (Wildman–Crippen LogP) is 10.6. The maximum atomic E-state index is 5.12. The van der Waals surface area contributed by atoms with Gasteiger partial charge < -0.3 is 20.4 Å². The molecule has 0 saturated heterocycles. The summed E-state index contributed by atoms with van der Waals surface area (Å²) >= 11 is 0. The molecule has 4 aromatic rings. The number of fused-ring (bicyclic) bond motifs is 2. The van der Waals surface area contributed by atoms with E-state index in [1.807, 2.05) is 24.3 Å². The number of aliphatic imine (C=N–C) groups is 2. The molecule has 0 radical (unpaired) electrons. The molecular formula is C38H30N6Pt. The van der Waals surface area contributed by atoms with Crippen LogP contribution in [-0.4, -0.2) is 11.4 Å². The minimum absolute atomic E-state index is 0. The molecule has 222 valence electrons. The summed E-state index contributed by atoms with van der Waals surface area (Å²) in [7, 11) is 0. The molecule has 0 aromatic heterocycles. The van der Waals surface area contributed by atoms with Crippen molar-refractivity contribution in [1.29, 1.82) is 0 Å². The number of anilines is 4. The maximum Gasteiger partial charge on any atom is 2.00 e. The summed E-state index contributed by atoms with van der Waals surface area (Å²) in [5, 5.41) is 9.95. The number of rotatable bonds is 5. The minimum atomic E-state index is 0. The summed E-state index contributed by atoms with van der Waals surface area (Å²) in [6, 6.07) is 37.3.